The fraction of sp³-hybridized carbons (Fsp3) is 0.565. The zero-order valence-electron chi connectivity index (χ0n) is 19.4. The van der Waals surface area contributed by atoms with Crippen LogP contribution in [0.3, 0.4) is 0 Å². The molecule has 1 fully saturated rings. The number of carboxylic acid groups (broad SMARTS) is 1. The van der Waals surface area contributed by atoms with Crippen LogP contribution >= 0.6 is 0 Å². The van der Waals surface area contributed by atoms with Crippen molar-refractivity contribution in [3.63, 3.8) is 0 Å². The molecule has 188 valence electrons. The molecule has 4 atom stereocenters. The molecule has 8 N–H and O–H groups in total. The lowest BCUT2D eigenvalue weighted by Gasteiger charge is -2.25. The Bertz CT molecular complexity index is 841. The number of aromatic hydroxyl groups is 1. The minimum absolute atomic E-state index is 0.0523. The van der Waals surface area contributed by atoms with Crippen molar-refractivity contribution in [3.05, 3.63) is 29.8 Å². The van der Waals surface area contributed by atoms with Crippen LogP contribution in [0.25, 0.3) is 0 Å². The van der Waals surface area contributed by atoms with Crippen molar-refractivity contribution in [2.45, 2.75) is 69.6 Å². The number of carboxylic acids is 1. The molecule has 0 saturated carbocycles. The highest BCUT2D eigenvalue weighted by Crippen LogP contribution is 2.13. The Labute approximate surface area is 198 Å². The van der Waals surface area contributed by atoms with Crippen LogP contribution in [0.5, 0.6) is 5.75 Å². The second-order valence-corrected chi connectivity index (χ2v) is 8.49. The second kappa shape index (κ2) is 13.5. The summed E-state index contributed by atoms with van der Waals surface area (Å²) in [6.07, 6.45) is 3.26. The molecule has 1 saturated heterocycles. The molecule has 1 aliphatic rings. The van der Waals surface area contributed by atoms with Crippen molar-refractivity contribution in [2.24, 2.45) is 5.73 Å². The minimum atomic E-state index is -1.21. The van der Waals surface area contributed by atoms with E-state index in [0.29, 0.717) is 37.8 Å². The van der Waals surface area contributed by atoms with Gasteiger partial charge in [0.15, 0.2) is 0 Å². The van der Waals surface area contributed by atoms with Crippen molar-refractivity contribution >= 4 is 23.7 Å². The number of hydrogen-bond acceptors (Lipinski definition) is 7. The first-order chi connectivity index (χ1) is 16.2. The third kappa shape index (κ3) is 8.64. The Balaban J connectivity index is 2.15. The van der Waals surface area contributed by atoms with E-state index in [4.69, 9.17) is 10.8 Å². The van der Waals surface area contributed by atoms with Crippen LogP contribution in [0.1, 0.15) is 44.6 Å². The molecular weight excluding hydrogens is 442 g/mol. The number of rotatable bonds is 13. The van der Waals surface area contributed by atoms with Gasteiger partial charge >= 0.3 is 5.97 Å². The van der Waals surface area contributed by atoms with Crippen LogP contribution in [0.2, 0.25) is 0 Å². The van der Waals surface area contributed by atoms with E-state index in [1.54, 1.807) is 12.1 Å². The maximum atomic E-state index is 13.2. The van der Waals surface area contributed by atoms with Crippen molar-refractivity contribution in [1.82, 2.24) is 21.3 Å². The first-order valence-electron chi connectivity index (χ1n) is 11.6. The molecule has 1 aromatic carbocycles. The van der Waals surface area contributed by atoms with Gasteiger partial charge < -0.3 is 37.2 Å². The summed E-state index contributed by atoms with van der Waals surface area (Å²) in [6, 6.07) is 2.65. The molecule has 0 aliphatic carbocycles. The fourth-order valence-electron chi connectivity index (χ4n) is 3.67. The highest BCUT2D eigenvalue weighted by Gasteiger charge is 2.30. The Morgan fingerprint density at radius 3 is 2.32 bits per heavy atom. The number of nitrogens with two attached hydrogens (primary N) is 1. The van der Waals surface area contributed by atoms with Gasteiger partial charge in [-0.25, -0.2) is 0 Å². The molecule has 11 nitrogen and oxygen atoms in total. The Morgan fingerprint density at radius 1 is 1.06 bits per heavy atom. The smallest absolute Gasteiger partial charge is 0.325 e. The molecule has 1 aliphatic heterocycles. The van der Waals surface area contributed by atoms with Crippen LogP contribution in [-0.4, -0.2) is 71.2 Å². The molecule has 3 amide bonds. The average molecular weight is 478 g/mol. The first kappa shape index (κ1) is 27.1. The van der Waals surface area contributed by atoms with Crippen molar-refractivity contribution in [3.8, 4) is 5.75 Å². The van der Waals surface area contributed by atoms with Gasteiger partial charge in [-0.15, -0.1) is 0 Å². The summed E-state index contributed by atoms with van der Waals surface area (Å²) in [7, 11) is 0. The van der Waals surface area contributed by atoms with E-state index in [9.17, 15) is 24.3 Å². The van der Waals surface area contributed by atoms with Crippen LogP contribution in [-0.2, 0) is 25.6 Å². The maximum absolute atomic E-state index is 13.2. The Morgan fingerprint density at radius 2 is 1.74 bits per heavy atom. The maximum Gasteiger partial charge on any atom is 0.325 e. The summed E-state index contributed by atoms with van der Waals surface area (Å²) < 4.78 is 0. The van der Waals surface area contributed by atoms with E-state index < -0.39 is 35.9 Å². The predicted molar refractivity (Wildman–Crippen MR) is 125 cm³/mol. The molecule has 0 aromatic heterocycles. The van der Waals surface area contributed by atoms with Gasteiger partial charge in [0.25, 0.3) is 0 Å². The number of carbonyl (C=O) groups excluding carboxylic acids is 3. The number of carbonyl (C=O) groups is 4. The number of amides is 3. The van der Waals surface area contributed by atoms with Crippen molar-refractivity contribution in [2.75, 3.05) is 13.1 Å². The summed E-state index contributed by atoms with van der Waals surface area (Å²) in [6.45, 7) is 2.51. The topological polar surface area (TPSA) is 183 Å². The van der Waals surface area contributed by atoms with E-state index in [-0.39, 0.29) is 24.1 Å². The average Bonchev–Trinajstić information content (AvgIpc) is 3.34. The lowest BCUT2D eigenvalue weighted by molar-refractivity contribution is -0.141. The number of phenolic OH excluding ortho intramolecular Hbond substituents is 1. The second-order valence-electron chi connectivity index (χ2n) is 8.49. The monoisotopic (exact) mass is 477 g/mol. The zero-order valence-corrected chi connectivity index (χ0v) is 19.4. The number of benzene rings is 1. The molecule has 2 rings (SSSR count). The highest BCUT2D eigenvalue weighted by atomic mass is 16.4. The molecule has 0 bridgehead atoms. The minimum Gasteiger partial charge on any atom is -0.508 e. The molecule has 1 aromatic rings. The summed E-state index contributed by atoms with van der Waals surface area (Å²) in [5.74, 6) is -2.63. The number of nitrogens with one attached hydrogen (secondary N) is 4. The number of aliphatic carboxylic acids is 1. The lowest BCUT2D eigenvalue weighted by Crippen LogP contribution is -2.57. The molecule has 34 heavy (non-hydrogen) atoms. The Hall–Kier alpha value is -3.18. The van der Waals surface area contributed by atoms with E-state index in [2.05, 4.69) is 21.3 Å². The van der Waals surface area contributed by atoms with Gasteiger partial charge in [-0.1, -0.05) is 12.1 Å². The number of unbranched alkanes of at least 4 members (excludes halogenated alkanes) is 1. The normalized spacial score (nSPS) is 17.9. The summed E-state index contributed by atoms with van der Waals surface area (Å²) in [5.41, 5.74) is 6.22. The number of hydrogen-bond donors (Lipinski definition) is 7. The van der Waals surface area contributed by atoms with Gasteiger partial charge in [-0.2, -0.15) is 0 Å². The molecule has 4 unspecified atom stereocenters. The SMILES string of the molecule is CC(NC(=O)C(Cc1ccc(O)cc1)NC(=O)C(CCCCN)NC(=O)C1CCCN1)C(=O)O. The van der Waals surface area contributed by atoms with Crippen molar-refractivity contribution in [1.29, 1.82) is 0 Å². The standard InChI is InChI=1S/C23H35N5O6/c1-14(23(33)34)26-22(32)19(13-15-7-9-16(29)10-8-15)28-21(31)18(5-2-3-11-24)27-20(30)17-6-4-12-25-17/h7-10,14,17-19,25,29H,2-6,11-13,24H2,1H3,(H,26,32)(H,27,30)(H,28,31)(H,33,34). The third-order valence-electron chi connectivity index (χ3n) is 5.70. The van der Waals surface area contributed by atoms with Gasteiger partial charge in [0.2, 0.25) is 17.7 Å². The number of phenols is 1. The first-order valence-corrected chi connectivity index (χ1v) is 11.6. The van der Waals surface area contributed by atoms with E-state index in [0.717, 1.165) is 13.0 Å². The third-order valence-corrected chi connectivity index (χ3v) is 5.70. The van der Waals surface area contributed by atoms with Gasteiger partial charge in [-0.05, 0) is 69.8 Å². The Kier molecular flexibility index (Phi) is 10.8. The van der Waals surface area contributed by atoms with Crippen LogP contribution in [0.15, 0.2) is 24.3 Å². The van der Waals surface area contributed by atoms with Gasteiger partial charge in [0.05, 0.1) is 6.04 Å². The fourth-order valence-corrected chi connectivity index (χ4v) is 3.67. The quantitative estimate of drug-likeness (QED) is 0.183. The van der Waals surface area contributed by atoms with Crippen LogP contribution in [0.4, 0.5) is 0 Å². The van der Waals surface area contributed by atoms with E-state index in [1.807, 2.05) is 0 Å². The van der Waals surface area contributed by atoms with Crippen molar-refractivity contribution < 1.29 is 29.4 Å². The molecule has 0 spiro atoms. The summed E-state index contributed by atoms with van der Waals surface area (Å²) >= 11 is 0. The molecule has 0 radical (unpaired) electrons. The summed E-state index contributed by atoms with van der Waals surface area (Å²) in [4.78, 5) is 49.8. The molecule has 11 heteroatoms. The molecular formula is C23H35N5O6. The highest BCUT2D eigenvalue weighted by molar-refractivity contribution is 5.94. The largest absolute Gasteiger partial charge is 0.508 e. The van der Waals surface area contributed by atoms with Gasteiger partial charge in [0.1, 0.15) is 23.9 Å². The van der Waals surface area contributed by atoms with Crippen LogP contribution in [0, 0.1) is 0 Å². The van der Waals surface area contributed by atoms with Crippen LogP contribution < -0.4 is 27.0 Å². The summed E-state index contributed by atoms with van der Waals surface area (Å²) in [5, 5.41) is 29.6. The van der Waals surface area contributed by atoms with E-state index in [1.165, 1.54) is 19.1 Å². The molecule has 1 heterocycles. The van der Waals surface area contributed by atoms with Gasteiger partial charge in [-0.3, -0.25) is 19.2 Å². The predicted octanol–water partition coefficient (Wildman–Crippen LogP) is -0.625. The van der Waals surface area contributed by atoms with Gasteiger partial charge in [0, 0.05) is 6.42 Å². The van der Waals surface area contributed by atoms with E-state index >= 15 is 0 Å². The lowest BCUT2D eigenvalue weighted by atomic mass is 10.0. The zero-order chi connectivity index (χ0) is 25.1.